The second-order valence-corrected chi connectivity index (χ2v) is 7.32. The summed E-state index contributed by atoms with van der Waals surface area (Å²) in [5.74, 6) is 0.449. The van der Waals surface area contributed by atoms with E-state index in [0.717, 1.165) is 11.3 Å². The third-order valence-corrected chi connectivity index (χ3v) is 5.35. The molecule has 0 fully saturated rings. The lowest BCUT2D eigenvalue weighted by molar-refractivity contribution is 0.0924. The Morgan fingerprint density at radius 3 is 2.75 bits per heavy atom. The van der Waals surface area contributed by atoms with E-state index in [9.17, 15) is 13.2 Å². The van der Waals surface area contributed by atoms with Crippen LogP contribution in [0, 0.1) is 0 Å². The Bertz CT molecular complexity index is 864. The average Bonchev–Trinajstić information content (AvgIpc) is 2.62. The first-order valence-electron chi connectivity index (χ1n) is 7.57. The number of hydrogen-bond donors (Lipinski definition) is 2. The van der Waals surface area contributed by atoms with E-state index in [1.807, 2.05) is 24.3 Å². The Morgan fingerprint density at radius 1 is 1.17 bits per heavy atom. The van der Waals surface area contributed by atoms with Gasteiger partial charge in [-0.25, -0.2) is 13.1 Å². The molecule has 0 spiro atoms. The predicted molar refractivity (Wildman–Crippen MR) is 89.4 cm³/mol. The molecule has 0 saturated heterocycles. The SMILES string of the molecule is CNS(=O)(=O)c1cccc(C(=O)NC2CCOc3ccccc32)c1. The van der Waals surface area contributed by atoms with Gasteiger partial charge in [-0.2, -0.15) is 0 Å². The number of hydrogen-bond acceptors (Lipinski definition) is 4. The summed E-state index contributed by atoms with van der Waals surface area (Å²) >= 11 is 0. The fourth-order valence-corrected chi connectivity index (χ4v) is 3.43. The topological polar surface area (TPSA) is 84.5 Å². The molecular weight excluding hydrogens is 328 g/mol. The molecule has 3 rings (SSSR count). The van der Waals surface area contributed by atoms with Gasteiger partial charge < -0.3 is 10.1 Å². The summed E-state index contributed by atoms with van der Waals surface area (Å²) in [6.45, 7) is 0.524. The monoisotopic (exact) mass is 346 g/mol. The Labute approximate surface area is 140 Å². The van der Waals surface area contributed by atoms with E-state index in [1.165, 1.54) is 19.2 Å². The Balaban J connectivity index is 1.83. The zero-order chi connectivity index (χ0) is 17.2. The average molecular weight is 346 g/mol. The molecule has 7 heteroatoms. The molecule has 1 atom stereocenters. The van der Waals surface area contributed by atoms with E-state index in [-0.39, 0.29) is 16.8 Å². The number of para-hydroxylation sites is 1. The predicted octanol–water partition coefficient (Wildman–Crippen LogP) is 1.85. The summed E-state index contributed by atoms with van der Waals surface area (Å²) < 4.78 is 31.6. The Kier molecular flexibility index (Phi) is 4.55. The number of rotatable bonds is 4. The second kappa shape index (κ2) is 6.62. The van der Waals surface area contributed by atoms with Gasteiger partial charge in [-0.15, -0.1) is 0 Å². The van der Waals surface area contributed by atoms with Crippen LogP contribution in [-0.4, -0.2) is 28.0 Å². The van der Waals surface area contributed by atoms with Crippen LogP contribution < -0.4 is 14.8 Å². The molecule has 0 aromatic heterocycles. The molecule has 0 bridgehead atoms. The summed E-state index contributed by atoms with van der Waals surface area (Å²) in [5, 5.41) is 2.95. The first-order chi connectivity index (χ1) is 11.5. The van der Waals surface area contributed by atoms with Crippen molar-refractivity contribution >= 4 is 15.9 Å². The van der Waals surface area contributed by atoms with Gasteiger partial charge in [0.1, 0.15) is 5.75 Å². The number of fused-ring (bicyclic) bond motifs is 1. The molecule has 1 aliphatic heterocycles. The number of benzene rings is 2. The normalized spacial score (nSPS) is 16.8. The third kappa shape index (κ3) is 3.27. The Morgan fingerprint density at radius 2 is 1.96 bits per heavy atom. The molecule has 1 heterocycles. The van der Waals surface area contributed by atoms with E-state index in [4.69, 9.17) is 4.74 Å². The molecule has 126 valence electrons. The van der Waals surface area contributed by atoms with Gasteiger partial charge in [0.05, 0.1) is 17.5 Å². The summed E-state index contributed by atoms with van der Waals surface area (Å²) in [7, 11) is -2.25. The van der Waals surface area contributed by atoms with Crippen LogP contribution in [0.15, 0.2) is 53.4 Å². The lowest BCUT2D eigenvalue weighted by Gasteiger charge is -2.26. The van der Waals surface area contributed by atoms with Crippen molar-refractivity contribution in [2.45, 2.75) is 17.4 Å². The zero-order valence-corrected chi connectivity index (χ0v) is 14.0. The first kappa shape index (κ1) is 16.5. The van der Waals surface area contributed by atoms with Crippen molar-refractivity contribution in [3.05, 3.63) is 59.7 Å². The van der Waals surface area contributed by atoms with Gasteiger partial charge in [-0.05, 0) is 31.3 Å². The molecule has 2 aromatic carbocycles. The maximum absolute atomic E-state index is 12.5. The Hall–Kier alpha value is -2.38. The molecule has 0 radical (unpaired) electrons. The highest BCUT2D eigenvalue weighted by atomic mass is 32.2. The van der Waals surface area contributed by atoms with E-state index >= 15 is 0 Å². The van der Waals surface area contributed by atoms with Gasteiger partial charge in [0.2, 0.25) is 10.0 Å². The minimum atomic E-state index is -3.59. The fraction of sp³-hybridized carbons (Fsp3) is 0.235. The highest BCUT2D eigenvalue weighted by Gasteiger charge is 2.23. The molecule has 0 saturated carbocycles. The number of ether oxygens (including phenoxy) is 1. The number of carbonyl (C=O) groups is 1. The van der Waals surface area contributed by atoms with Gasteiger partial charge >= 0.3 is 0 Å². The van der Waals surface area contributed by atoms with Crippen molar-refractivity contribution in [3.8, 4) is 5.75 Å². The van der Waals surface area contributed by atoms with Crippen LogP contribution in [-0.2, 0) is 10.0 Å². The van der Waals surface area contributed by atoms with Crippen molar-refractivity contribution in [1.29, 1.82) is 0 Å². The summed E-state index contributed by atoms with van der Waals surface area (Å²) in [6.07, 6.45) is 0.664. The van der Waals surface area contributed by atoms with Gasteiger partial charge in [0.15, 0.2) is 0 Å². The van der Waals surface area contributed by atoms with Crippen LogP contribution in [0.25, 0.3) is 0 Å². The van der Waals surface area contributed by atoms with Crippen molar-refractivity contribution in [3.63, 3.8) is 0 Å². The maximum Gasteiger partial charge on any atom is 0.251 e. The summed E-state index contributed by atoms with van der Waals surface area (Å²) in [4.78, 5) is 12.6. The number of nitrogens with one attached hydrogen (secondary N) is 2. The maximum atomic E-state index is 12.5. The van der Waals surface area contributed by atoms with Gasteiger partial charge in [0, 0.05) is 17.5 Å². The first-order valence-corrected chi connectivity index (χ1v) is 9.06. The highest BCUT2D eigenvalue weighted by molar-refractivity contribution is 7.89. The molecule has 1 aliphatic rings. The lowest BCUT2D eigenvalue weighted by Crippen LogP contribution is -2.32. The van der Waals surface area contributed by atoms with E-state index < -0.39 is 10.0 Å². The largest absolute Gasteiger partial charge is 0.493 e. The van der Waals surface area contributed by atoms with Crippen LogP contribution in [0.4, 0.5) is 0 Å². The van der Waals surface area contributed by atoms with Crippen LogP contribution in [0.5, 0.6) is 5.75 Å². The van der Waals surface area contributed by atoms with Gasteiger partial charge in [0.25, 0.3) is 5.91 Å². The van der Waals surface area contributed by atoms with Crippen molar-refractivity contribution in [2.24, 2.45) is 0 Å². The molecule has 1 amide bonds. The van der Waals surface area contributed by atoms with Gasteiger partial charge in [-0.1, -0.05) is 24.3 Å². The summed E-state index contributed by atoms with van der Waals surface area (Å²) in [5.41, 5.74) is 1.23. The third-order valence-electron chi connectivity index (χ3n) is 3.94. The van der Waals surface area contributed by atoms with Crippen LogP contribution >= 0.6 is 0 Å². The van der Waals surface area contributed by atoms with Crippen LogP contribution in [0.3, 0.4) is 0 Å². The molecule has 6 nitrogen and oxygen atoms in total. The molecule has 2 N–H and O–H groups in total. The molecule has 1 unspecified atom stereocenters. The minimum Gasteiger partial charge on any atom is -0.493 e. The zero-order valence-electron chi connectivity index (χ0n) is 13.2. The highest BCUT2D eigenvalue weighted by Crippen LogP contribution is 2.31. The smallest absolute Gasteiger partial charge is 0.251 e. The molecule has 0 aliphatic carbocycles. The number of carbonyl (C=O) groups excluding carboxylic acids is 1. The van der Waals surface area contributed by atoms with E-state index in [2.05, 4.69) is 10.0 Å². The number of sulfonamides is 1. The molecular formula is C17H18N2O4S. The second-order valence-electron chi connectivity index (χ2n) is 5.44. The summed E-state index contributed by atoms with van der Waals surface area (Å²) in [6, 6.07) is 13.4. The van der Waals surface area contributed by atoms with Crippen molar-refractivity contribution in [1.82, 2.24) is 10.0 Å². The van der Waals surface area contributed by atoms with Crippen molar-refractivity contribution in [2.75, 3.05) is 13.7 Å². The quantitative estimate of drug-likeness (QED) is 0.885. The van der Waals surface area contributed by atoms with Crippen LogP contribution in [0.2, 0.25) is 0 Å². The van der Waals surface area contributed by atoms with Crippen LogP contribution in [0.1, 0.15) is 28.4 Å². The van der Waals surface area contributed by atoms with E-state index in [0.29, 0.717) is 18.6 Å². The minimum absolute atomic E-state index is 0.0602. The van der Waals surface area contributed by atoms with Gasteiger partial charge in [-0.3, -0.25) is 4.79 Å². The fourth-order valence-electron chi connectivity index (χ4n) is 2.66. The lowest BCUT2D eigenvalue weighted by atomic mass is 10.00. The standard InChI is InChI=1S/C17H18N2O4S/c1-18-24(21,22)13-6-4-5-12(11-13)17(20)19-15-9-10-23-16-8-3-2-7-14(15)16/h2-8,11,15,18H,9-10H2,1H3,(H,19,20). The van der Waals surface area contributed by atoms with Crippen molar-refractivity contribution < 1.29 is 17.9 Å². The van der Waals surface area contributed by atoms with E-state index in [1.54, 1.807) is 12.1 Å². The molecule has 24 heavy (non-hydrogen) atoms. The number of amides is 1. The molecule has 2 aromatic rings.